The number of rotatable bonds is 10. The monoisotopic (exact) mass is 633 g/mol. The topological polar surface area (TPSA) is 181 Å². The number of carbonyl (C=O) groups excluding carboxylic acids is 1. The second-order valence-corrected chi connectivity index (χ2v) is 11.0. The minimum Gasteiger partial charge on any atom is -0.494 e. The minimum absolute atomic E-state index is 0.146. The van der Waals surface area contributed by atoms with Crippen LogP contribution in [0.15, 0.2) is 42.5 Å². The molecule has 246 valence electrons. The number of carboxylic acid groups (broad SMARTS) is 1. The van der Waals surface area contributed by atoms with Gasteiger partial charge in [0, 0.05) is 24.0 Å². The number of carboxylic acids is 1. The summed E-state index contributed by atoms with van der Waals surface area (Å²) in [5.41, 5.74) is 2.34. The predicted molar refractivity (Wildman–Crippen MR) is 175 cm³/mol. The number of aliphatic carboxylic acids is 1. The summed E-state index contributed by atoms with van der Waals surface area (Å²) in [6, 6.07) is 11.9. The number of nitrogens with zero attached hydrogens (tertiary/aromatic N) is 3. The molecule has 1 aromatic heterocycles. The van der Waals surface area contributed by atoms with Crippen LogP contribution in [0.1, 0.15) is 81.1 Å². The summed E-state index contributed by atoms with van der Waals surface area (Å²) < 4.78 is 17.6. The Morgan fingerprint density at radius 1 is 1.00 bits per heavy atom. The van der Waals surface area contributed by atoms with Gasteiger partial charge in [0.1, 0.15) is 17.5 Å². The van der Waals surface area contributed by atoms with Gasteiger partial charge < -0.3 is 40.7 Å². The van der Waals surface area contributed by atoms with E-state index in [0.29, 0.717) is 68.7 Å². The first-order valence-electron chi connectivity index (χ1n) is 15.8. The highest BCUT2D eigenvalue weighted by molar-refractivity contribution is 5.99. The Balaban J connectivity index is 1.56. The number of nitrogens with one attached hydrogen (secondary N) is 4. The molecule has 5 N–H and O–H groups in total. The van der Waals surface area contributed by atoms with Gasteiger partial charge in [-0.2, -0.15) is 15.0 Å². The molecule has 0 spiro atoms. The van der Waals surface area contributed by atoms with Crippen LogP contribution in [0.25, 0.3) is 0 Å². The van der Waals surface area contributed by atoms with E-state index in [1.807, 2.05) is 31.2 Å². The molecular weight excluding hydrogens is 590 g/mol. The zero-order valence-corrected chi connectivity index (χ0v) is 26.4. The molecule has 6 bridgehead atoms. The second kappa shape index (κ2) is 17.5. The van der Waals surface area contributed by atoms with Gasteiger partial charge in [0.2, 0.25) is 11.9 Å². The van der Waals surface area contributed by atoms with Gasteiger partial charge in [-0.15, -0.1) is 0 Å². The number of aromatic nitrogens is 3. The fraction of sp³-hybridized carbons (Fsp3) is 0.455. The predicted octanol–water partition coefficient (Wildman–Crippen LogP) is 5.74. The first-order valence-corrected chi connectivity index (χ1v) is 15.8. The molecule has 5 rings (SSSR count). The Morgan fingerprint density at radius 2 is 1.74 bits per heavy atom. The van der Waals surface area contributed by atoms with Crippen molar-refractivity contribution in [2.45, 2.75) is 77.8 Å². The van der Waals surface area contributed by atoms with E-state index in [0.717, 1.165) is 37.0 Å². The van der Waals surface area contributed by atoms with Gasteiger partial charge in [-0.05, 0) is 88.6 Å². The summed E-state index contributed by atoms with van der Waals surface area (Å²) in [7, 11) is 0. The van der Waals surface area contributed by atoms with Crippen molar-refractivity contribution in [2.24, 2.45) is 0 Å². The average molecular weight is 634 g/mol. The van der Waals surface area contributed by atoms with Crippen LogP contribution >= 0.6 is 0 Å². The van der Waals surface area contributed by atoms with Gasteiger partial charge in [-0.1, -0.05) is 18.6 Å². The number of anilines is 3. The Kier molecular flexibility index (Phi) is 12.9. The fourth-order valence-electron chi connectivity index (χ4n) is 4.77. The van der Waals surface area contributed by atoms with Crippen LogP contribution in [0.2, 0.25) is 0 Å². The molecule has 13 nitrogen and oxygen atoms in total. The summed E-state index contributed by atoms with van der Waals surface area (Å²) in [6.07, 6.45) is 5.64. The van der Waals surface area contributed by atoms with Gasteiger partial charge in [0.05, 0.1) is 25.4 Å². The number of ether oxygens (including phenoxy) is 3. The third kappa shape index (κ3) is 10.9. The molecule has 13 heteroatoms. The number of hydrogen-bond acceptors (Lipinski definition) is 11. The summed E-state index contributed by atoms with van der Waals surface area (Å²) >= 11 is 0. The molecule has 3 heterocycles. The van der Waals surface area contributed by atoms with Crippen molar-refractivity contribution in [3.05, 3.63) is 53.6 Å². The second-order valence-electron chi connectivity index (χ2n) is 11.0. The summed E-state index contributed by atoms with van der Waals surface area (Å²) in [4.78, 5) is 38.5. The average Bonchev–Trinajstić information content (AvgIpc) is 3.03. The summed E-state index contributed by atoms with van der Waals surface area (Å²) in [5.74, 6) is -0.00288. The zero-order valence-electron chi connectivity index (χ0n) is 26.4. The number of amides is 1. The van der Waals surface area contributed by atoms with E-state index >= 15 is 0 Å². The highest BCUT2D eigenvalue weighted by atomic mass is 16.5. The van der Waals surface area contributed by atoms with Crippen LogP contribution in [0.3, 0.4) is 0 Å². The number of carbonyl (C=O) groups is 2. The van der Waals surface area contributed by atoms with Gasteiger partial charge in [0.25, 0.3) is 5.91 Å². The van der Waals surface area contributed by atoms with E-state index in [-0.39, 0.29) is 23.9 Å². The van der Waals surface area contributed by atoms with Crippen molar-refractivity contribution in [1.82, 2.24) is 20.3 Å². The molecule has 0 radical (unpaired) electrons. The van der Waals surface area contributed by atoms with E-state index in [1.54, 1.807) is 25.1 Å². The quantitative estimate of drug-likeness (QED) is 0.136. The highest BCUT2D eigenvalue weighted by Gasteiger charge is 2.23. The lowest BCUT2D eigenvalue weighted by Crippen LogP contribution is -2.40. The summed E-state index contributed by atoms with van der Waals surface area (Å²) in [5, 5.41) is 26.3. The molecule has 0 unspecified atom stereocenters. The van der Waals surface area contributed by atoms with E-state index < -0.39 is 17.9 Å². The van der Waals surface area contributed by atoms with Crippen molar-refractivity contribution in [3.63, 3.8) is 0 Å². The maximum Gasteiger partial charge on any atom is 0.326 e. The summed E-state index contributed by atoms with van der Waals surface area (Å²) in [6.45, 7) is 5.37. The molecule has 0 fully saturated rings. The van der Waals surface area contributed by atoms with Crippen molar-refractivity contribution >= 4 is 35.2 Å². The van der Waals surface area contributed by atoms with Crippen LogP contribution in [0.4, 0.5) is 17.6 Å². The van der Waals surface area contributed by atoms with E-state index in [9.17, 15) is 14.7 Å². The van der Waals surface area contributed by atoms with Crippen LogP contribution in [0, 0.1) is 5.41 Å². The van der Waals surface area contributed by atoms with Crippen LogP contribution < -0.4 is 30.2 Å². The van der Waals surface area contributed by atoms with Crippen LogP contribution in [0.5, 0.6) is 17.5 Å². The maximum absolute atomic E-state index is 13.4. The fourth-order valence-corrected chi connectivity index (χ4v) is 4.77. The largest absolute Gasteiger partial charge is 0.494 e. The van der Waals surface area contributed by atoms with Crippen molar-refractivity contribution in [1.29, 1.82) is 5.41 Å². The third-order valence-corrected chi connectivity index (χ3v) is 7.21. The molecule has 2 aliphatic heterocycles. The molecule has 0 saturated carbocycles. The molecule has 3 aromatic rings. The maximum atomic E-state index is 13.4. The molecule has 2 aromatic carbocycles. The van der Waals surface area contributed by atoms with E-state index in [1.165, 1.54) is 0 Å². The number of benzene rings is 2. The molecule has 1 amide bonds. The van der Waals surface area contributed by atoms with Gasteiger partial charge in [-0.3, -0.25) is 4.79 Å². The van der Waals surface area contributed by atoms with E-state index in [2.05, 4.69) is 30.9 Å². The molecule has 0 saturated heterocycles. The van der Waals surface area contributed by atoms with Crippen molar-refractivity contribution < 1.29 is 28.9 Å². The lowest BCUT2D eigenvalue weighted by molar-refractivity contribution is -0.139. The lowest BCUT2D eigenvalue weighted by Gasteiger charge is -2.17. The van der Waals surface area contributed by atoms with Gasteiger partial charge in [-0.25, -0.2) is 4.79 Å². The number of hydrogen-bond donors (Lipinski definition) is 5. The molecule has 2 aliphatic rings. The minimum atomic E-state index is -1.11. The smallest absolute Gasteiger partial charge is 0.326 e. The Bertz CT molecular complexity index is 1470. The Hall–Kier alpha value is -4.94. The van der Waals surface area contributed by atoms with Crippen molar-refractivity contribution in [2.75, 3.05) is 30.5 Å². The molecule has 46 heavy (non-hydrogen) atoms. The normalized spacial score (nSPS) is 14.2. The van der Waals surface area contributed by atoms with Gasteiger partial charge in [0.15, 0.2) is 0 Å². The Labute approximate surface area is 269 Å². The lowest BCUT2D eigenvalue weighted by atomic mass is 10.1. The molecular formula is C33H43N7O6. The number of unbranched alkanes of at least 4 members (excludes halogenated alkanes) is 1. The highest BCUT2D eigenvalue weighted by Crippen LogP contribution is 2.27. The Morgan fingerprint density at radius 3 is 2.46 bits per heavy atom. The van der Waals surface area contributed by atoms with Crippen molar-refractivity contribution in [3.8, 4) is 17.5 Å². The first kappa shape index (κ1) is 33.9. The molecule has 1 atom stereocenters. The van der Waals surface area contributed by atoms with Crippen LogP contribution in [-0.4, -0.2) is 63.5 Å². The first-order chi connectivity index (χ1) is 22.3. The zero-order chi connectivity index (χ0) is 32.7. The molecule has 0 aliphatic carbocycles. The van der Waals surface area contributed by atoms with E-state index in [4.69, 9.17) is 19.6 Å². The van der Waals surface area contributed by atoms with Crippen LogP contribution in [-0.2, 0) is 11.3 Å². The SMILES string of the molecule is CCOc1nc2nc(n1)Nc1ccc(C(=O)N[C@@H](CCCCC(C)=N)C(=O)O)c(c1)OCCCCCCOc1ccc(cc1)CN2. The number of fused-ring (bicyclic) bond motifs is 10. The standard InChI is InChI=1S/C33H43N7O6/c1-3-44-33-39-31-35-21-23-12-15-25(16-13-23)45-18-8-4-5-9-19-46-28-20-24(36-32(38-31)40-33)14-17-26(28)29(41)37-27(30(42)43)11-7-6-10-22(2)34/h12-17,20,27,34H,3-11,18-19,21H2,1-2H3,(H,37,41)(H,42,43)(H2,35,36,38,39,40)/t27-/m0/s1. The van der Waals surface area contributed by atoms with Gasteiger partial charge >= 0.3 is 12.0 Å². The third-order valence-electron chi connectivity index (χ3n) is 7.21.